The van der Waals surface area contributed by atoms with Gasteiger partial charge >= 0.3 is 8.80 Å². The zero-order valence-corrected chi connectivity index (χ0v) is 13.9. The molecule has 0 aliphatic heterocycles. The molecule has 0 bridgehead atoms. The molecule has 1 aromatic rings. The van der Waals surface area contributed by atoms with Crippen LogP contribution in [0.4, 0.5) is 0 Å². The average molecular weight is 294 g/mol. The van der Waals surface area contributed by atoms with Crippen LogP contribution in [0.25, 0.3) is 6.08 Å². The fourth-order valence-electron chi connectivity index (χ4n) is 2.15. The standard InChI is InChI=1S/C16H26O3Si/c1-5-15-11-9-10-12-16(15)13-14-19-20(8-4,17-6-2)18-7-3/h5,9-12H,1,6-8,13-14H2,2-4H3. The van der Waals surface area contributed by atoms with Gasteiger partial charge in [-0.3, -0.25) is 0 Å². The van der Waals surface area contributed by atoms with Gasteiger partial charge in [-0.2, -0.15) is 0 Å². The van der Waals surface area contributed by atoms with E-state index in [9.17, 15) is 0 Å². The van der Waals surface area contributed by atoms with Gasteiger partial charge in [-0.1, -0.05) is 43.8 Å². The molecular weight excluding hydrogens is 268 g/mol. The van der Waals surface area contributed by atoms with Crippen molar-refractivity contribution in [3.05, 3.63) is 42.0 Å². The van der Waals surface area contributed by atoms with E-state index in [1.807, 2.05) is 32.1 Å². The van der Waals surface area contributed by atoms with Crippen molar-refractivity contribution in [1.82, 2.24) is 0 Å². The molecule has 0 amide bonds. The molecule has 0 saturated heterocycles. The van der Waals surface area contributed by atoms with E-state index in [4.69, 9.17) is 13.3 Å². The Kier molecular flexibility index (Phi) is 7.77. The molecule has 20 heavy (non-hydrogen) atoms. The van der Waals surface area contributed by atoms with E-state index in [0.717, 1.165) is 18.0 Å². The molecular formula is C16H26O3Si. The van der Waals surface area contributed by atoms with E-state index in [2.05, 4.69) is 25.6 Å². The Morgan fingerprint density at radius 3 is 2.25 bits per heavy atom. The van der Waals surface area contributed by atoms with E-state index in [1.54, 1.807) is 0 Å². The summed E-state index contributed by atoms with van der Waals surface area (Å²) in [7, 11) is -2.48. The Morgan fingerprint density at radius 1 is 1.05 bits per heavy atom. The van der Waals surface area contributed by atoms with E-state index in [0.29, 0.717) is 19.8 Å². The molecule has 0 N–H and O–H groups in total. The van der Waals surface area contributed by atoms with Gasteiger partial charge in [0.15, 0.2) is 0 Å². The van der Waals surface area contributed by atoms with Gasteiger partial charge in [0.25, 0.3) is 0 Å². The summed E-state index contributed by atoms with van der Waals surface area (Å²) in [5, 5.41) is 0. The SMILES string of the molecule is C=Cc1ccccc1CCO[Si](CC)(OCC)OCC. The molecule has 0 saturated carbocycles. The smallest absolute Gasteiger partial charge is 0.374 e. The number of rotatable bonds is 10. The van der Waals surface area contributed by atoms with Crippen molar-refractivity contribution in [2.24, 2.45) is 0 Å². The third-order valence-electron chi connectivity index (χ3n) is 3.13. The minimum Gasteiger partial charge on any atom is -0.374 e. The molecule has 0 radical (unpaired) electrons. The third-order valence-corrected chi connectivity index (χ3v) is 6.10. The summed E-state index contributed by atoms with van der Waals surface area (Å²) in [5.74, 6) is 0. The van der Waals surface area contributed by atoms with Crippen LogP contribution in [0.5, 0.6) is 0 Å². The Morgan fingerprint density at radius 2 is 1.70 bits per heavy atom. The molecule has 0 spiro atoms. The van der Waals surface area contributed by atoms with E-state index in [-0.39, 0.29) is 0 Å². The predicted octanol–water partition coefficient (Wildman–Crippen LogP) is 3.92. The second-order valence-electron chi connectivity index (χ2n) is 4.40. The van der Waals surface area contributed by atoms with Crippen molar-refractivity contribution in [1.29, 1.82) is 0 Å². The molecule has 112 valence electrons. The normalized spacial score (nSPS) is 11.6. The highest BCUT2D eigenvalue weighted by atomic mass is 28.4. The Balaban J connectivity index is 2.61. The lowest BCUT2D eigenvalue weighted by atomic mass is 10.1. The number of benzene rings is 1. The van der Waals surface area contributed by atoms with Crippen molar-refractivity contribution >= 4 is 14.9 Å². The fourth-order valence-corrected chi connectivity index (χ4v) is 4.30. The largest absolute Gasteiger partial charge is 0.500 e. The van der Waals surface area contributed by atoms with E-state index in [1.165, 1.54) is 5.56 Å². The van der Waals surface area contributed by atoms with Gasteiger partial charge in [0, 0.05) is 25.9 Å². The molecule has 3 nitrogen and oxygen atoms in total. The molecule has 0 fully saturated rings. The first-order valence-electron chi connectivity index (χ1n) is 7.33. The molecule has 0 aliphatic carbocycles. The zero-order valence-electron chi connectivity index (χ0n) is 12.9. The number of hydrogen-bond donors (Lipinski definition) is 0. The van der Waals surface area contributed by atoms with Crippen LogP contribution in [0.15, 0.2) is 30.8 Å². The first-order chi connectivity index (χ1) is 9.71. The Labute approximate surface area is 123 Å². The van der Waals surface area contributed by atoms with Crippen LogP contribution in [0.2, 0.25) is 6.04 Å². The second-order valence-corrected chi connectivity index (χ2v) is 7.34. The summed E-state index contributed by atoms with van der Waals surface area (Å²) < 4.78 is 17.6. The Hall–Kier alpha value is -0.943. The summed E-state index contributed by atoms with van der Waals surface area (Å²) in [6, 6.07) is 9.04. The van der Waals surface area contributed by atoms with Crippen molar-refractivity contribution in [3.8, 4) is 0 Å². The van der Waals surface area contributed by atoms with Gasteiger partial charge in [0.2, 0.25) is 0 Å². The third kappa shape index (κ3) is 4.87. The van der Waals surface area contributed by atoms with Gasteiger partial charge in [0.1, 0.15) is 0 Å². The van der Waals surface area contributed by atoms with E-state index >= 15 is 0 Å². The molecule has 0 unspecified atom stereocenters. The van der Waals surface area contributed by atoms with Crippen LogP contribution in [0, 0.1) is 0 Å². The molecule has 0 aromatic heterocycles. The molecule has 0 atom stereocenters. The fraction of sp³-hybridized carbons (Fsp3) is 0.500. The summed E-state index contributed by atoms with van der Waals surface area (Å²) in [4.78, 5) is 0. The minimum atomic E-state index is -2.48. The van der Waals surface area contributed by atoms with Crippen molar-refractivity contribution in [2.75, 3.05) is 19.8 Å². The lowest BCUT2D eigenvalue weighted by Crippen LogP contribution is -2.45. The van der Waals surface area contributed by atoms with Gasteiger partial charge in [0.05, 0.1) is 0 Å². The van der Waals surface area contributed by atoms with Crippen LogP contribution in [-0.2, 0) is 19.7 Å². The zero-order chi connectivity index (χ0) is 14.8. The average Bonchev–Trinajstić information content (AvgIpc) is 2.48. The van der Waals surface area contributed by atoms with Gasteiger partial charge < -0.3 is 13.3 Å². The minimum absolute atomic E-state index is 0.616. The summed E-state index contributed by atoms with van der Waals surface area (Å²) >= 11 is 0. The van der Waals surface area contributed by atoms with Crippen molar-refractivity contribution in [3.63, 3.8) is 0 Å². The summed E-state index contributed by atoms with van der Waals surface area (Å²) in [6.45, 7) is 11.7. The molecule has 4 heteroatoms. The maximum atomic E-state index is 6.02. The highest BCUT2D eigenvalue weighted by molar-refractivity contribution is 6.60. The lowest BCUT2D eigenvalue weighted by Gasteiger charge is -2.27. The maximum absolute atomic E-state index is 6.02. The van der Waals surface area contributed by atoms with Crippen LogP contribution in [0.1, 0.15) is 31.9 Å². The van der Waals surface area contributed by atoms with E-state index < -0.39 is 8.80 Å². The molecule has 0 heterocycles. The van der Waals surface area contributed by atoms with Gasteiger partial charge in [-0.05, 0) is 31.4 Å². The molecule has 1 rings (SSSR count). The van der Waals surface area contributed by atoms with Crippen LogP contribution >= 0.6 is 0 Å². The van der Waals surface area contributed by atoms with Crippen LogP contribution in [-0.4, -0.2) is 28.6 Å². The Bertz CT molecular complexity index is 400. The van der Waals surface area contributed by atoms with Crippen LogP contribution in [0.3, 0.4) is 0 Å². The van der Waals surface area contributed by atoms with Crippen LogP contribution < -0.4 is 0 Å². The van der Waals surface area contributed by atoms with Crippen molar-refractivity contribution < 1.29 is 13.3 Å². The quantitative estimate of drug-likeness (QED) is 0.612. The maximum Gasteiger partial charge on any atom is 0.500 e. The van der Waals surface area contributed by atoms with Gasteiger partial charge in [-0.15, -0.1) is 0 Å². The topological polar surface area (TPSA) is 27.7 Å². The molecule has 1 aromatic carbocycles. The molecule has 0 aliphatic rings. The first kappa shape index (κ1) is 17.1. The predicted molar refractivity (Wildman–Crippen MR) is 85.7 cm³/mol. The highest BCUT2D eigenvalue weighted by Crippen LogP contribution is 2.17. The highest BCUT2D eigenvalue weighted by Gasteiger charge is 2.38. The first-order valence-corrected chi connectivity index (χ1v) is 9.26. The summed E-state index contributed by atoms with van der Waals surface area (Å²) in [6.07, 6.45) is 2.72. The second kappa shape index (κ2) is 9.08. The number of hydrogen-bond acceptors (Lipinski definition) is 3. The lowest BCUT2D eigenvalue weighted by molar-refractivity contribution is 0.0691. The summed E-state index contributed by atoms with van der Waals surface area (Å²) in [5.41, 5.74) is 2.40. The van der Waals surface area contributed by atoms with Crippen molar-refractivity contribution in [2.45, 2.75) is 33.2 Å². The van der Waals surface area contributed by atoms with Gasteiger partial charge in [-0.25, -0.2) is 0 Å². The monoisotopic (exact) mass is 294 g/mol.